The molecular weight excluding hydrogens is 172 g/mol. The van der Waals surface area contributed by atoms with E-state index in [0.29, 0.717) is 0 Å². The van der Waals surface area contributed by atoms with Gasteiger partial charge in [-0.05, 0) is 17.2 Å². The first kappa shape index (κ1) is 10.7. The third-order valence-electron chi connectivity index (χ3n) is 0.868. The molecule has 0 spiro atoms. The Morgan fingerprint density at radius 3 is 2.09 bits per heavy atom. The Morgan fingerprint density at radius 1 is 1.00 bits per heavy atom. The van der Waals surface area contributed by atoms with Crippen LogP contribution in [0.1, 0.15) is 6.92 Å². The average molecular weight is 184 g/mol. The number of rotatable bonds is 3. The van der Waals surface area contributed by atoms with Crippen LogP contribution >= 0.6 is 25.3 Å². The summed E-state index contributed by atoms with van der Waals surface area (Å²) in [6.07, 6.45) is 11.5. The van der Waals surface area contributed by atoms with Crippen LogP contribution in [0.4, 0.5) is 0 Å². The lowest BCUT2D eigenvalue weighted by molar-refractivity contribution is 1.68. The first-order valence-corrected chi connectivity index (χ1v) is 4.23. The zero-order valence-electron chi connectivity index (χ0n) is 6.44. The Hall–Kier alpha value is -0.340. The van der Waals surface area contributed by atoms with E-state index in [4.69, 9.17) is 0 Å². The first-order chi connectivity index (χ1) is 5.27. The Kier molecular flexibility index (Phi) is 7.52. The van der Waals surface area contributed by atoms with E-state index in [1.807, 2.05) is 43.4 Å². The Labute approximate surface area is 79.2 Å². The molecule has 0 fully saturated rings. The van der Waals surface area contributed by atoms with Gasteiger partial charge in [0, 0.05) is 0 Å². The van der Waals surface area contributed by atoms with Crippen molar-refractivity contribution in [3.63, 3.8) is 0 Å². The first-order valence-electron chi connectivity index (χ1n) is 3.27. The highest BCUT2D eigenvalue weighted by Crippen LogP contribution is 1.96. The lowest BCUT2D eigenvalue weighted by atomic mass is 10.4. The van der Waals surface area contributed by atoms with Crippen LogP contribution in [0.5, 0.6) is 0 Å². The normalized spacial score (nSPS) is 14.3. The van der Waals surface area contributed by atoms with Crippen molar-refractivity contribution < 1.29 is 0 Å². The molecule has 0 unspecified atom stereocenters. The Bertz CT molecular complexity index is 194. The molecule has 0 bridgehead atoms. The van der Waals surface area contributed by atoms with Crippen LogP contribution < -0.4 is 0 Å². The second kappa shape index (κ2) is 7.76. The third kappa shape index (κ3) is 9.66. The van der Waals surface area contributed by atoms with Gasteiger partial charge in [0.1, 0.15) is 0 Å². The summed E-state index contributed by atoms with van der Waals surface area (Å²) in [6, 6.07) is 0. The largest absolute Gasteiger partial charge is 0.151 e. The molecule has 0 aromatic rings. The number of hydrogen-bond donors (Lipinski definition) is 2. The molecule has 0 nitrogen and oxygen atoms in total. The van der Waals surface area contributed by atoms with Gasteiger partial charge in [-0.3, -0.25) is 0 Å². The predicted octanol–water partition coefficient (Wildman–Crippen LogP) is 3.38. The van der Waals surface area contributed by atoms with Gasteiger partial charge < -0.3 is 0 Å². The highest BCUT2D eigenvalue weighted by atomic mass is 32.1. The molecule has 11 heavy (non-hydrogen) atoms. The van der Waals surface area contributed by atoms with Crippen LogP contribution in [-0.4, -0.2) is 0 Å². The van der Waals surface area contributed by atoms with Gasteiger partial charge in [0.05, 0.1) is 0 Å². The van der Waals surface area contributed by atoms with Crippen molar-refractivity contribution in [3.05, 3.63) is 46.8 Å². The van der Waals surface area contributed by atoms with E-state index in [1.165, 1.54) is 0 Å². The van der Waals surface area contributed by atoms with Gasteiger partial charge in [-0.15, -0.1) is 12.6 Å². The molecule has 0 aliphatic rings. The molecule has 0 N–H and O–H groups in total. The Balaban J connectivity index is 3.69. The number of hydrogen-bond acceptors (Lipinski definition) is 2. The van der Waals surface area contributed by atoms with Crippen LogP contribution in [0, 0.1) is 0 Å². The Morgan fingerprint density at radius 2 is 1.55 bits per heavy atom. The monoisotopic (exact) mass is 184 g/mol. The highest BCUT2D eigenvalue weighted by Gasteiger charge is 1.68. The molecule has 0 aliphatic carbocycles. The molecular formula is C9H12S2. The molecule has 0 amide bonds. The molecule has 0 saturated carbocycles. The lowest BCUT2D eigenvalue weighted by Crippen LogP contribution is -1.54. The molecule has 0 atom stereocenters. The minimum absolute atomic E-state index is 0.999. The van der Waals surface area contributed by atoms with Crippen LogP contribution in [0.3, 0.4) is 0 Å². The molecule has 0 heterocycles. The van der Waals surface area contributed by atoms with Gasteiger partial charge in [-0.2, -0.15) is 12.6 Å². The molecule has 0 aromatic carbocycles. The molecule has 0 aliphatic heterocycles. The van der Waals surface area contributed by atoms with Crippen molar-refractivity contribution in [2.45, 2.75) is 6.92 Å². The summed E-state index contributed by atoms with van der Waals surface area (Å²) in [5.74, 6) is 0. The maximum absolute atomic E-state index is 4.10. The van der Waals surface area contributed by atoms with E-state index in [2.05, 4.69) is 25.3 Å². The standard InChI is InChI=1S/C9H12S2/c1-9(11)7-5-3-2-4-6-8-10/h2-8,10-11H,1H3/b4-2+,5-3+,8-6-,9-7-. The fourth-order valence-electron chi connectivity index (χ4n) is 0.437. The van der Waals surface area contributed by atoms with Crippen molar-refractivity contribution in [1.82, 2.24) is 0 Å². The smallest absolute Gasteiger partial charge is 0.0215 e. The second-order valence-corrected chi connectivity index (χ2v) is 2.92. The molecule has 0 rings (SSSR count). The van der Waals surface area contributed by atoms with Gasteiger partial charge in [-0.25, -0.2) is 0 Å². The van der Waals surface area contributed by atoms with E-state index in [0.717, 1.165) is 4.91 Å². The maximum Gasteiger partial charge on any atom is -0.0215 e. The maximum atomic E-state index is 4.10. The molecule has 0 radical (unpaired) electrons. The predicted molar refractivity (Wildman–Crippen MR) is 59.1 cm³/mol. The SMILES string of the molecule is C/C(S)=C/C=C/C=C/C=C\S. The summed E-state index contributed by atoms with van der Waals surface area (Å²) in [5.41, 5.74) is 0. The topological polar surface area (TPSA) is 0 Å². The van der Waals surface area contributed by atoms with E-state index in [9.17, 15) is 0 Å². The van der Waals surface area contributed by atoms with Crippen LogP contribution in [0.2, 0.25) is 0 Å². The fraction of sp³-hybridized carbons (Fsp3) is 0.111. The molecule has 2 heteroatoms. The summed E-state index contributed by atoms with van der Waals surface area (Å²) in [6.45, 7) is 1.94. The van der Waals surface area contributed by atoms with Crippen molar-refractivity contribution in [2.24, 2.45) is 0 Å². The van der Waals surface area contributed by atoms with Gasteiger partial charge in [0.2, 0.25) is 0 Å². The molecule has 0 aromatic heterocycles. The number of thiol groups is 2. The summed E-state index contributed by atoms with van der Waals surface area (Å²) in [7, 11) is 0. The van der Waals surface area contributed by atoms with E-state index in [1.54, 1.807) is 5.41 Å². The van der Waals surface area contributed by atoms with Gasteiger partial charge in [0.15, 0.2) is 0 Å². The van der Waals surface area contributed by atoms with Crippen molar-refractivity contribution >= 4 is 25.3 Å². The highest BCUT2D eigenvalue weighted by molar-refractivity contribution is 7.84. The summed E-state index contributed by atoms with van der Waals surface area (Å²) in [4.78, 5) is 0.999. The van der Waals surface area contributed by atoms with E-state index >= 15 is 0 Å². The van der Waals surface area contributed by atoms with Gasteiger partial charge in [0.25, 0.3) is 0 Å². The zero-order chi connectivity index (χ0) is 8.53. The summed E-state index contributed by atoms with van der Waals surface area (Å²) >= 11 is 8.00. The number of allylic oxidation sites excluding steroid dienone is 7. The minimum atomic E-state index is 0.999. The fourth-order valence-corrected chi connectivity index (χ4v) is 0.622. The molecule has 60 valence electrons. The van der Waals surface area contributed by atoms with Gasteiger partial charge >= 0.3 is 0 Å². The average Bonchev–Trinajstić information content (AvgIpc) is 1.96. The van der Waals surface area contributed by atoms with Crippen molar-refractivity contribution in [3.8, 4) is 0 Å². The summed E-state index contributed by atoms with van der Waals surface area (Å²) in [5, 5.41) is 1.68. The second-order valence-electron chi connectivity index (χ2n) is 1.92. The van der Waals surface area contributed by atoms with Gasteiger partial charge in [-0.1, -0.05) is 36.5 Å². The molecule has 0 saturated heterocycles. The van der Waals surface area contributed by atoms with Crippen LogP contribution in [0.25, 0.3) is 0 Å². The quantitative estimate of drug-likeness (QED) is 0.487. The van der Waals surface area contributed by atoms with Crippen LogP contribution in [0.15, 0.2) is 46.8 Å². The van der Waals surface area contributed by atoms with E-state index < -0.39 is 0 Å². The van der Waals surface area contributed by atoms with Crippen molar-refractivity contribution in [2.75, 3.05) is 0 Å². The minimum Gasteiger partial charge on any atom is -0.151 e. The lowest BCUT2D eigenvalue weighted by Gasteiger charge is -1.78. The van der Waals surface area contributed by atoms with Crippen molar-refractivity contribution in [1.29, 1.82) is 0 Å². The zero-order valence-corrected chi connectivity index (χ0v) is 8.22. The summed E-state index contributed by atoms with van der Waals surface area (Å²) < 4.78 is 0. The third-order valence-corrected chi connectivity index (χ3v) is 1.19. The van der Waals surface area contributed by atoms with Crippen LogP contribution in [-0.2, 0) is 0 Å². The van der Waals surface area contributed by atoms with E-state index in [-0.39, 0.29) is 0 Å².